The SMILES string of the molecule is CC(NS(=O)(=O)c1ccc(F)c(C(=O)Nc2cc(F)ccc2Cl)c1)C1CCCC1. The van der Waals surface area contributed by atoms with Crippen molar-refractivity contribution in [2.45, 2.75) is 43.5 Å². The number of amides is 1. The summed E-state index contributed by atoms with van der Waals surface area (Å²) in [5, 5.41) is 2.37. The number of nitrogens with one attached hydrogen (secondary N) is 2. The first kappa shape index (κ1) is 21.7. The first-order valence-corrected chi connectivity index (χ1v) is 11.1. The lowest BCUT2D eigenvalue weighted by Gasteiger charge is -2.20. The third kappa shape index (κ3) is 5.12. The molecule has 1 amide bonds. The first-order chi connectivity index (χ1) is 13.7. The third-order valence-corrected chi connectivity index (χ3v) is 7.00. The molecule has 2 aromatic carbocycles. The van der Waals surface area contributed by atoms with Crippen LogP contribution in [-0.4, -0.2) is 20.4 Å². The molecule has 1 unspecified atom stereocenters. The molecule has 0 aromatic heterocycles. The summed E-state index contributed by atoms with van der Waals surface area (Å²) in [5.74, 6) is -2.22. The maximum atomic E-state index is 14.2. The third-order valence-electron chi connectivity index (χ3n) is 5.12. The van der Waals surface area contributed by atoms with Gasteiger partial charge in [0.05, 0.1) is 21.2 Å². The Morgan fingerprint density at radius 2 is 1.83 bits per heavy atom. The Hall–Kier alpha value is -2.03. The van der Waals surface area contributed by atoms with Gasteiger partial charge in [-0.1, -0.05) is 24.4 Å². The number of rotatable bonds is 6. The Morgan fingerprint density at radius 3 is 2.52 bits per heavy atom. The van der Waals surface area contributed by atoms with Crippen LogP contribution in [-0.2, 0) is 10.0 Å². The molecule has 0 bridgehead atoms. The largest absolute Gasteiger partial charge is 0.320 e. The topological polar surface area (TPSA) is 75.3 Å². The molecule has 0 radical (unpaired) electrons. The van der Waals surface area contributed by atoms with Gasteiger partial charge in [-0.25, -0.2) is 21.9 Å². The molecule has 1 fully saturated rings. The standard InChI is InChI=1S/C20H21ClF2N2O3S/c1-12(13-4-2-3-5-13)25-29(27,28)15-7-9-18(23)16(11-15)20(26)24-19-10-14(22)6-8-17(19)21/h6-13,25H,2-5H2,1H3,(H,24,26). The number of anilines is 1. The number of carbonyl (C=O) groups is 1. The molecule has 0 heterocycles. The van der Waals surface area contributed by atoms with Crippen LogP contribution in [0.1, 0.15) is 43.0 Å². The molecular formula is C20H21ClF2N2O3S. The van der Waals surface area contributed by atoms with E-state index >= 15 is 0 Å². The Labute approximate surface area is 173 Å². The minimum Gasteiger partial charge on any atom is -0.320 e. The van der Waals surface area contributed by atoms with Gasteiger partial charge in [0.1, 0.15) is 11.6 Å². The molecule has 29 heavy (non-hydrogen) atoms. The number of hydrogen-bond donors (Lipinski definition) is 2. The van der Waals surface area contributed by atoms with Gasteiger partial charge in [0, 0.05) is 6.04 Å². The number of carbonyl (C=O) groups excluding carboxylic acids is 1. The Bertz CT molecular complexity index is 1020. The van der Waals surface area contributed by atoms with Crippen molar-refractivity contribution in [1.82, 2.24) is 4.72 Å². The highest BCUT2D eigenvalue weighted by Gasteiger charge is 2.27. The van der Waals surface area contributed by atoms with Crippen LogP contribution in [0.15, 0.2) is 41.3 Å². The van der Waals surface area contributed by atoms with E-state index in [1.54, 1.807) is 6.92 Å². The van der Waals surface area contributed by atoms with Crippen molar-refractivity contribution in [3.05, 3.63) is 58.6 Å². The van der Waals surface area contributed by atoms with Crippen molar-refractivity contribution < 1.29 is 22.0 Å². The molecule has 3 rings (SSSR count). The van der Waals surface area contributed by atoms with E-state index in [1.807, 2.05) is 0 Å². The molecule has 2 aromatic rings. The van der Waals surface area contributed by atoms with Gasteiger partial charge in [0.2, 0.25) is 10.0 Å². The summed E-state index contributed by atoms with van der Waals surface area (Å²) in [5.41, 5.74) is -0.529. The van der Waals surface area contributed by atoms with E-state index in [1.165, 1.54) is 6.07 Å². The van der Waals surface area contributed by atoms with E-state index in [0.29, 0.717) is 0 Å². The van der Waals surface area contributed by atoms with Gasteiger partial charge in [-0.15, -0.1) is 0 Å². The molecular weight excluding hydrogens is 422 g/mol. The lowest BCUT2D eigenvalue weighted by atomic mass is 10.0. The second-order valence-electron chi connectivity index (χ2n) is 7.17. The molecule has 156 valence electrons. The molecule has 2 N–H and O–H groups in total. The average molecular weight is 443 g/mol. The van der Waals surface area contributed by atoms with E-state index < -0.39 is 33.1 Å². The Balaban J connectivity index is 1.83. The van der Waals surface area contributed by atoms with Crippen molar-refractivity contribution >= 4 is 33.2 Å². The van der Waals surface area contributed by atoms with Gasteiger partial charge in [0.25, 0.3) is 5.91 Å². The van der Waals surface area contributed by atoms with Crippen LogP contribution < -0.4 is 10.0 Å². The Morgan fingerprint density at radius 1 is 1.14 bits per heavy atom. The zero-order valence-corrected chi connectivity index (χ0v) is 17.3. The summed E-state index contributed by atoms with van der Waals surface area (Å²) < 4.78 is 55.6. The quantitative estimate of drug-likeness (QED) is 0.679. The molecule has 9 heteroatoms. The van der Waals surface area contributed by atoms with Gasteiger partial charge in [-0.05, 0) is 62.1 Å². The zero-order chi connectivity index (χ0) is 21.2. The van der Waals surface area contributed by atoms with Crippen LogP contribution in [0.2, 0.25) is 5.02 Å². The summed E-state index contributed by atoms with van der Waals surface area (Å²) in [6.45, 7) is 1.80. The first-order valence-electron chi connectivity index (χ1n) is 9.25. The molecule has 5 nitrogen and oxygen atoms in total. The van der Waals surface area contributed by atoms with Gasteiger partial charge < -0.3 is 5.32 Å². The van der Waals surface area contributed by atoms with Crippen molar-refractivity contribution in [3.63, 3.8) is 0 Å². The maximum Gasteiger partial charge on any atom is 0.258 e. The van der Waals surface area contributed by atoms with Gasteiger partial charge in [-0.2, -0.15) is 0 Å². The smallest absolute Gasteiger partial charge is 0.258 e. The van der Waals surface area contributed by atoms with Crippen LogP contribution >= 0.6 is 11.6 Å². The monoisotopic (exact) mass is 442 g/mol. The lowest BCUT2D eigenvalue weighted by Crippen LogP contribution is -2.37. The predicted molar refractivity (Wildman–Crippen MR) is 108 cm³/mol. The molecule has 1 atom stereocenters. The molecule has 1 saturated carbocycles. The van der Waals surface area contributed by atoms with Crippen LogP contribution in [0.3, 0.4) is 0 Å². The highest BCUT2D eigenvalue weighted by Crippen LogP contribution is 2.29. The second-order valence-corrected chi connectivity index (χ2v) is 9.30. The normalized spacial score (nSPS) is 16.0. The lowest BCUT2D eigenvalue weighted by molar-refractivity contribution is 0.102. The van der Waals surface area contributed by atoms with Crippen molar-refractivity contribution in [1.29, 1.82) is 0 Å². The highest BCUT2D eigenvalue weighted by atomic mass is 35.5. The second kappa shape index (κ2) is 8.77. The average Bonchev–Trinajstić information content (AvgIpc) is 3.19. The van der Waals surface area contributed by atoms with Crippen LogP contribution in [0.4, 0.5) is 14.5 Å². The predicted octanol–water partition coefficient (Wildman–Crippen LogP) is 4.73. The van der Waals surface area contributed by atoms with Crippen LogP contribution in [0.5, 0.6) is 0 Å². The summed E-state index contributed by atoms with van der Waals surface area (Å²) in [7, 11) is -3.94. The summed E-state index contributed by atoms with van der Waals surface area (Å²) in [4.78, 5) is 12.2. The van der Waals surface area contributed by atoms with E-state index in [2.05, 4.69) is 10.0 Å². The number of benzene rings is 2. The highest BCUT2D eigenvalue weighted by molar-refractivity contribution is 7.89. The molecule has 1 aliphatic carbocycles. The van der Waals surface area contributed by atoms with Crippen molar-refractivity contribution in [2.24, 2.45) is 5.92 Å². The van der Waals surface area contributed by atoms with Crippen molar-refractivity contribution in [3.8, 4) is 0 Å². The van der Waals surface area contributed by atoms with Crippen LogP contribution in [0, 0.1) is 17.6 Å². The summed E-state index contributed by atoms with van der Waals surface area (Å²) >= 11 is 5.91. The fourth-order valence-corrected chi connectivity index (χ4v) is 5.00. The molecule has 0 saturated heterocycles. The van der Waals surface area contributed by atoms with E-state index in [0.717, 1.165) is 56.0 Å². The van der Waals surface area contributed by atoms with Gasteiger partial charge in [0.15, 0.2) is 0 Å². The maximum absolute atomic E-state index is 14.2. The molecule has 1 aliphatic rings. The minimum absolute atomic E-state index is 0.0442. The summed E-state index contributed by atoms with van der Waals surface area (Å²) in [6, 6.07) is 6.06. The molecule has 0 spiro atoms. The van der Waals surface area contributed by atoms with E-state index in [4.69, 9.17) is 11.6 Å². The summed E-state index contributed by atoms with van der Waals surface area (Å²) in [6.07, 6.45) is 4.05. The van der Waals surface area contributed by atoms with Crippen LogP contribution in [0.25, 0.3) is 0 Å². The minimum atomic E-state index is -3.94. The molecule has 0 aliphatic heterocycles. The van der Waals surface area contributed by atoms with Gasteiger partial charge >= 0.3 is 0 Å². The number of hydrogen-bond acceptors (Lipinski definition) is 3. The number of sulfonamides is 1. The Kier molecular flexibility index (Phi) is 6.55. The van der Waals surface area contributed by atoms with E-state index in [9.17, 15) is 22.0 Å². The van der Waals surface area contributed by atoms with E-state index in [-0.39, 0.29) is 27.6 Å². The van der Waals surface area contributed by atoms with Crippen molar-refractivity contribution in [2.75, 3.05) is 5.32 Å². The fraction of sp³-hybridized carbons (Fsp3) is 0.350. The fourth-order valence-electron chi connectivity index (χ4n) is 3.49. The number of halogens is 3. The zero-order valence-electron chi connectivity index (χ0n) is 15.7. The van der Waals surface area contributed by atoms with Gasteiger partial charge in [-0.3, -0.25) is 4.79 Å².